The van der Waals surface area contributed by atoms with Crippen LogP contribution in [-0.2, 0) is 17.6 Å². The number of fused-ring (bicyclic) bond motifs is 1. The number of ether oxygens (including phenoxy) is 1. The van der Waals surface area contributed by atoms with Crippen molar-refractivity contribution in [3.63, 3.8) is 0 Å². The fourth-order valence-electron chi connectivity index (χ4n) is 2.74. The molecule has 0 saturated heterocycles. The first-order valence-electron chi connectivity index (χ1n) is 7.99. The lowest BCUT2D eigenvalue weighted by atomic mass is 10.1. The van der Waals surface area contributed by atoms with Gasteiger partial charge in [-0.3, -0.25) is 9.59 Å². The van der Waals surface area contributed by atoms with Crippen molar-refractivity contribution in [2.45, 2.75) is 12.8 Å². The van der Waals surface area contributed by atoms with Gasteiger partial charge in [0.15, 0.2) is 0 Å². The zero-order valence-corrected chi connectivity index (χ0v) is 14.9. The zero-order chi connectivity index (χ0) is 18.0. The van der Waals surface area contributed by atoms with Gasteiger partial charge in [0.2, 0.25) is 5.91 Å². The van der Waals surface area contributed by atoms with Gasteiger partial charge in [0.05, 0.1) is 23.7 Å². The van der Waals surface area contributed by atoms with E-state index in [1.807, 2.05) is 18.2 Å². The number of halogens is 1. The molecule has 130 valence electrons. The number of carbonyl (C=O) groups excluding carboxylic acids is 2. The van der Waals surface area contributed by atoms with Crippen LogP contribution in [0.25, 0.3) is 0 Å². The zero-order valence-electron chi connectivity index (χ0n) is 14.1. The molecular weight excluding hydrogens is 340 g/mol. The van der Waals surface area contributed by atoms with Gasteiger partial charge >= 0.3 is 0 Å². The Labute approximate surface area is 151 Å². The SMILES string of the molecule is CN(C)C(=O)c1ccc(Cl)c(NC(=O)Cc2ccc3c(c2)CCO3)c1. The molecule has 0 fully saturated rings. The predicted octanol–water partition coefficient (Wildman–Crippen LogP) is 3.16. The third kappa shape index (κ3) is 3.94. The molecule has 0 aromatic heterocycles. The topological polar surface area (TPSA) is 58.6 Å². The van der Waals surface area contributed by atoms with Crippen LogP contribution >= 0.6 is 11.6 Å². The Balaban J connectivity index is 1.72. The highest BCUT2D eigenvalue weighted by atomic mass is 35.5. The molecule has 2 aromatic carbocycles. The number of nitrogens with one attached hydrogen (secondary N) is 1. The maximum atomic E-state index is 12.4. The van der Waals surface area contributed by atoms with Crippen LogP contribution in [0.1, 0.15) is 21.5 Å². The first-order chi connectivity index (χ1) is 11.9. The summed E-state index contributed by atoms with van der Waals surface area (Å²) in [4.78, 5) is 25.9. The highest BCUT2D eigenvalue weighted by Crippen LogP contribution is 2.27. The van der Waals surface area contributed by atoms with Gasteiger partial charge in [-0.1, -0.05) is 23.7 Å². The first-order valence-corrected chi connectivity index (χ1v) is 8.37. The van der Waals surface area contributed by atoms with Crippen LogP contribution in [0.5, 0.6) is 5.75 Å². The molecule has 25 heavy (non-hydrogen) atoms. The molecule has 0 saturated carbocycles. The lowest BCUT2D eigenvalue weighted by molar-refractivity contribution is -0.115. The second-order valence-electron chi connectivity index (χ2n) is 6.16. The number of hydrogen-bond acceptors (Lipinski definition) is 3. The molecular formula is C19H19ClN2O3. The van der Waals surface area contributed by atoms with Crippen LogP contribution < -0.4 is 10.1 Å². The van der Waals surface area contributed by atoms with E-state index in [0.717, 1.165) is 23.3 Å². The van der Waals surface area contributed by atoms with E-state index in [4.69, 9.17) is 16.3 Å². The van der Waals surface area contributed by atoms with E-state index in [-0.39, 0.29) is 18.2 Å². The van der Waals surface area contributed by atoms with E-state index >= 15 is 0 Å². The van der Waals surface area contributed by atoms with Gasteiger partial charge in [0.25, 0.3) is 5.91 Å². The summed E-state index contributed by atoms with van der Waals surface area (Å²) in [6.07, 6.45) is 1.10. The normalized spacial score (nSPS) is 12.3. The van der Waals surface area contributed by atoms with Crippen molar-refractivity contribution in [2.24, 2.45) is 0 Å². The van der Waals surface area contributed by atoms with Gasteiger partial charge in [-0.15, -0.1) is 0 Å². The van der Waals surface area contributed by atoms with Crippen molar-refractivity contribution in [3.05, 3.63) is 58.1 Å². The summed E-state index contributed by atoms with van der Waals surface area (Å²) in [7, 11) is 3.35. The molecule has 0 unspecified atom stereocenters. The van der Waals surface area contributed by atoms with Crippen LogP contribution in [0.3, 0.4) is 0 Å². The lowest BCUT2D eigenvalue weighted by Crippen LogP contribution is -2.22. The molecule has 2 amide bonds. The van der Waals surface area contributed by atoms with Crippen molar-refractivity contribution < 1.29 is 14.3 Å². The second-order valence-corrected chi connectivity index (χ2v) is 6.57. The van der Waals surface area contributed by atoms with Crippen molar-refractivity contribution in [3.8, 4) is 5.75 Å². The smallest absolute Gasteiger partial charge is 0.253 e. The molecule has 1 heterocycles. The Morgan fingerprint density at radius 2 is 2.00 bits per heavy atom. The van der Waals surface area contributed by atoms with Gasteiger partial charge in [-0.25, -0.2) is 0 Å². The van der Waals surface area contributed by atoms with E-state index in [2.05, 4.69) is 5.32 Å². The van der Waals surface area contributed by atoms with Gasteiger partial charge in [0.1, 0.15) is 5.75 Å². The largest absolute Gasteiger partial charge is 0.493 e. The molecule has 5 nitrogen and oxygen atoms in total. The molecule has 1 aliphatic heterocycles. The number of anilines is 1. The Morgan fingerprint density at radius 3 is 2.76 bits per heavy atom. The third-order valence-electron chi connectivity index (χ3n) is 4.01. The Morgan fingerprint density at radius 1 is 1.20 bits per heavy atom. The third-order valence-corrected chi connectivity index (χ3v) is 4.34. The highest BCUT2D eigenvalue weighted by Gasteiger charge is 2.15. The Kier molecular flexibility index (Phi) is 4.95. The molecule has 2 aromatic rings. The number of rotatable bonds is 4. The molecule has 0 atom stereocenters. The fraction of sp³-hybridized carbons (Fsp3) is 0.263. The minimum Gasteiger partial charge on any atom is -0.493 e. The van der Waals surface area contributed by atoms with E-state index in [9.17, 15) is 9.59 Å². The van der Waals surface area contributed by atoms with Crippen molar-refractivity contribution in [2.75, 3.05) is 26.0 Å². The van der Waals surface area contributed by atoms with Gasteiger partial charge in [-0.2, -0.15) is 0 Å². The molecule has 3 rings (SSSR count). The standard InChI is InChI=1S/C19H19ClN2O3/c1-22(2)19(24)14-4-5-15(20)16(11-14)21-18(23)10-12-3-6-17-13(9-12)7-8-25-17/h3-6,9,11H,7-8,10H2,1-2H3,(H,21,23). The summed E-state index contributed by atoms with van der Waals surface area (Å²) in [6, 6.07) is 10.6. The summed E-state index contributed by atoms with van der Waals surface area (Å²) < 4.78 is 5.47. The number of amides is 2. The molecule has 1 aliphatic rings. The summed E-state index contributed by atoms with van der Waals surface area (Å²) in [5, 5.41) is 3.18. The van der Waals surface area contributed by atoms with Gasteiger partial charge < -0.3 is 15.0 Å². The van der Waals surface area contributed by atoms with Crippen molar-refractivity contribution >= 4 is 29.1 Å². The van der Waals surface area contributed by atoms with Crippen LogP contribution in [0.2, 0.25) is 5.02 Å². The maximum Gasteiger partial charge on any atom is 0.253 e. The molecule has 0 bridgehead atoms. The molecule has 0 radical (unpaired) electrons. The van der Waals surface area contributed by atoms with E-state index in [1.165, 1.54) is 4.90 Å². The minimum absolute atomic E-state index is 0.147. The molecule has 0 aliphatic carbocycles. The van der Waals surface area contributed by atoms with Crippen LogP contribution in [0.15, 0.2) is 36.4 Å². The summed E-state index contributed by atoms with van der Waals surface area (Å²) in [5.74, 6) is 0.558. The Bertz CT molecular complexity index is 833. The number of benzene rings is 2. The number of nitrogens with zero attached hydrogens (tertiary/aromatic N) is 1. The van der Waals surface area contributed by atoms with Gasteiger partial charge in [0, 0.05) is 26.1 Å². The average Bonchev–Trinajstić information content (AvgIpc) is 3.03. The highest BCUT2D eigenvalue weighted by molar-refractivity contribution is 6.33. The second kappa shape index (κ2) is 7.15. The number of hydrogen-bond donors (Lipinski definition) is 1. The van der Waals surface area contributed by atoms with Crippen LogP contribution in [-0.4, -0.2) is 37.4 Å². The van der Waals surface area contributed by atoms with Gasteiger partial charge in [-0.05, 0) is 35.4 Å². The fourth-order valence-corrected chi connectivity index (χ4v) is 2.91. The van der Waals surface area contributed by atoms with E-state index in [1.54, 1.807) is 32.3 Å². The van der Waals surface area contributed by atoms with E-state index < -0.39 is 0 Å². The first kappa shape index (κ1) is 17.3. The van der Waals surface area contributed by atoms with Crippen LogP contribution in [0, 0.1) is 0 Å². The lowest BCUT2D eigenvalue weighted by Gasteiger charge is -2.13. The van der Waals surface area contributed by atoms with Crippen molar-refractivity contribution in [1.29, 1.82) is 0 Å². The van der Waals surface area contributed by atoms with Crippen molar-refractivity contribution in [1.82, 2.24) is 4.90 Å². The molecule has 0 spiro atoms. The predicted molar refractivity (Wildman–Crippen MR) is 97.4 cm³/mol. The molecule has 1 N–H and O–H groups in total. The summed E-state index contributed by atoms with van der Waals surface area (Å²) >= 11 is 6.15. The van der Waals surface area contributed by atoms with Crippen LogP contribution in [0.4, 0.5) is 5.69 Å². The summed E-state index contributed by atoms with van der Waals surface area (Å²) in [6.45, 7) is 0.688. The monoisotopic (exact) mass is 358 g/mol. The minimum atomic E-state index is -0.185. The average molecular weight is 359 g/mol. The maximum absolute atomic E-state index is 12.4. The summed E-state index contributed by atoms with van der Waals surface area (Å²) in [5.41, 5.74) is 2.95. The Hall–Kier alpha value is -2.53. The molecule has 6 heteroatoms. The quantitative estimate of drug-likeness (QED) is 0.913. The van der Waals surface area contributed by atoms with E-state index in [0.29, 0.717) is 22.9 Å². The number of carbonyl (C=O) groups is 2.